The summed E-state index contributed by atoms with van der Waals surface area (Å²) in [5.41, 5.74) is 2.93. The monoisotopic (exact) mass is 395 g/mol. The first-order valence-electron chi connectivity index (χ1n) is 8.88. The fraction of sp³-hybridized carbons (Fsp3) is 0.250. The number of thiophene rings is 1. The number of hydrogen-bond donors (Lipinski definition) is 2. The Kier molecular flexibility index (Phi) is 5.34. The molecular formula is C20H21N5O2S. The maximum Gasteiger partial charge on any atom is 0.158 e. The summed E-state index contributed by atoms with van der Waals surface area (Å²) in [5.74, 6) is 1.30. The maximum atomic E-state index is 10.5. The van der Waals surface area contributed by atoms with Gasteiger partial charge in [0.15, 0.2) is 5.82 Å². The maximum absolute atomic E-state index is 10.5. The number of methoxy groups -OCH3 is 1. The normalized spacial score (nSPS) is 12.4. The van der Waals surface area contributed by atoms with Crippen molar-refractivity contribution in [2.24, 2.45) is 7.05 Å². The van der Waals surface area contributed by atoms with Crippen LogP contribution in [-0.2, 0) is 18.4 Å². The Morgan fingerprint density at radius 2 is 2.07 bits per heavy atom. The van der Waals surface area contributed by atoms with Gasteiger partial charge < -0.3 is 15.2 Å². The summed E-state index contributed by atoms with van der Waals surface area (Å²) in [6, 6.07) is 10.2. The predicted molar refractivity (Wildman–Crippen MR) is 110 cm³/mol. The number of nitrogens with zero attached hydrogens (tertiary/aromatic N) is 4. The van der Waals surface area contributed by atoms with Gasteiger partial charge in [-0.1, -0.05) is 30.3 Å². The minimum Gasteiger partial charge on any atom is -0.386 e. The lowest BCUT2D eigenvalue weighted by atomic mass is 10.1. The number of rotatable bonds is 7. The van der Waals surface area contributed by atoms with Gasteiger partial charge in [0.2, 0.25) is 0 Å². The summed E-state index contributed by atoms with van der Waals surface area (Å²) in [6.45, 7) is 0.642. The van der Waals surface area contributed by atoms with Crippen molar-refractivity contribution in [1.82, 2.24) is 19.7 Å². The number of aryl methyl sites for hydroxylation is 1. The molecule has 0 aliphatic heterocycles. The van der Waals surface area contributed by atoms with Crippen molar-refractivity contribution >= 4 is 27.4 Å². The van der Waals surface area contributed by atoms with Gasteiger partial charge in [-0.25, -0.2) is 9.97 Å². The molecule has 7 nitrogen and oxygen atoms in total. The summed E-state index contributed by atoms with van der Waals surface area (Å²) < 4.78 is 6.88. The number of aliphatic hydroxyl groups is 1. The van der Waals surface area contributed by atoms with Gasteiger partial charge >= 0.3 is 0 Å². The summed E-state index contributed by atoms with van der Waals surface area (Å²) in [4.78, 5) is 10.2. The molecule has 2 N–H and O–H groups in total. The SMILES string of the molecule is COCc1nc(NC[C@H](O)c2cnn(C)c2)c2c(-c3ccccc3)csc2n1. The lowest BCUT2D eigenvalue weighted by Crippen LogP contribution is -2.14. The van der Waals surface area contributed by atoms with Crippen LogP contribution in [0.2, 0.25) is 0 Å². The highest BCUT2D eigenvalue weighted by atomic mass is 32.1. The lowest BCUT2D eigenvalue weighted by molar-refractivity contribution is 0.178. The third-order valence-corrected chi connectivity index (χ3v) is 5.28. The molecule has 8 heteroatoms. The molecule has 0 radical (unpaired) electrons. The molecule has 0 aliphatic rings. The minimum atomic E-state index is -0.691. The number of nitrogens with one attached hydrogen (secondary N) is 1. The van der Waals surface area contributed by atoms with Gasteiger partial charge in [-0.3, -0.25) is 4.68 Å². The molecule has 0 saturated heterocycles. The second-order valence-corrected chi connectivity index (χ2v) is 7.32. The van der Waals surface area contributed by atoms with Crippen molar-refractivity contribution < 1.29 is 9.84 Å². The highest BCUT2D eigenvalue weighted by Crippen LogP contribution is 2.37. The van der Waals surface area contributed by atoms with E-state index in [4.69, 9.17) is 4.74 Å². The Morgan fingerprint density at radius 3 is 2.79 bits per heavy atom. The van der Waals surface area contributed by atoms with E-state index >= 15 is 0 Å². The van der Waals surface area contributed by atoms with Crippen molar-refractivity contribution in [3.05, 3.63) is 59.5 Å². The molecule has 1 aromatic carbocycles. The molecular weight excluding hydrogens is 374 g/mol. The smallest absolute Gasteiger partial charge is 0.158 e. The van der Waals surface area contributed by atoms with E-state index in [2.05, 4.69) is 37.9 Å². The van der Waals surface area contributed by atoms with Crippen LogP contribution in [0.4, 0.5) is 5.82 Å². The Bertz CT molecular complexity index is 1080. The molecule has 3 aromatic heterocycles. The summed E-state index contributed by atoms with van der Waals surface area (Å²) in [7, 11) is 3.45. The molecule has 4 rings (SSSR count). The third kappa shape index (κ3) is 3.75. The van der Waals surface area contributed by atoms with E-state index in [1.54, 1.807) is 35.5 Å². The zero-order chi connectivity index (χ0) is 19.5. The van der Waals surface area contributed by atoms with Crippen LogP contribution in [0.5, 0.6) is 0 Å². The minimum absolute atomic E-state index is 0.314. The van der Waals surface area contributed by atoms with Crippen LogP contribution in [0, 0.1) is 0 Å². The van der Waals surface area contributed by atoms with E-state index < -0.39 is 6.10 Å². The molecule has 0 amide bonds. The van der Waals surface area contributed by atoms with Crippen LogP contribution in [0.25, 0.3) is 21.3 Å². The fourth-order valence-electron chi connectivity index (χ4n) is 3.06. The van der Waals surface area contributed by atoms with E-state index in [9.17, 15) is 5.11 Å². The van der Waals surface area contributed by atoms with E-state index in [1.165, 1.54) is 0 Å². The molecule has 1 atom stereocenters. The second kappa shape index (κ2) is 8.05. The van der Waals surface area contributed by atoms with Crippen molar-refractivity contribution in [2.75, 3.05) is 19.0 Å². The summed E-state index contributed by atoms with van der Waals surface area (Å²) in [5, 5.41) is 21.0. The van der Waals surface area contributed by atoms with E-state index in [-0.39, 0.29) is 0 Å². The number of aromatic nitrogens is 4. The summed E-state index contributed by atoms with van der Waals surface area (Å²) >= 11 is 1.57. The van der Waals surface area contributed by atoms with Crippen molar-refractivity contribution in [2.45, 2.75) is 12.7 Å². The topological polar surface area (TPSA) is 85.1 Å². The molecule has 0 aliphatic carbocycles. The molecule has 0 fully saturated rings. The van der Waals surface area contributed by atoms with Gasteiger partial charge in [-0.2, -0.15) is 5.10 Å². The molecule has 0 saturated carbocycles. The average molecular weight is 395 g/mol. The van der Waals surface area contributed by atoms with Gasteiger partial charge in [0, 0.05) is 43.4 Å². The van der Waals surface area contributed by atoms with Crippen molar-refractivity contribution in [1.29, 1.82) is 0 Å². The van der Waals surface area contributed by atoms with E-state index in [1.807, 2.05) is 25.2 Å². The zero-order valence-electron chi connectivity index (χ0n) is 15.7. The van der Waals surface area contributed by atoms with Crippen LogP contribution in [0.3, 0.4) is 0 Å². The fourth-order valence-corrected chi connectivity index (χ4v) is 4.03. The molecule has 0 bridgehead atoms. The zero-order valence-corrected chi connectivity index (χ0v) is 16.5. The first kappa shape index (κ1) is 18.5. The van der Waals surface area contributed by atoms with Crippen LogP contribution in [0.1, 0.15) is 17.5 Å². The van der Waals surface area contributed by atoms with Crippen LogP contribution in [0.15, 0.2) is 48.1 Å². The third-order valence-electron chi connectivity index (χ3n) is 4.41. The number of anilines is 1. The molecule has 0 unspecified atom stereocenters. The largest absolute Gasteiger partial charge is 0.386 e. The number of benzene rings is 1. The molecule has 4 aromatic rings. The van der Waals surface area contributed by atoms with Crippen LogP contribution < -0.4 is 5.32 Å². The quantitative estimate of drug-likeness (QED) is 0.499. The second-order valence-electron chi connectivity index (χ2n) is 6.46. The predicted octanol–water partition coefficient (Wildman–Crippen LogP) is 3.38. The Morgan fingerprint density at radius 1 is 1.25 bits per heavy atom. The van der Waals surface area contributed by atoms with Crippen LogP contribution in [-0.4, -0.2) is 38.5 Å². The van der Waals surface area contributed by atoms with Crippen molar-refractivity contribution in [3.8, 4) is 11.1 Å². The molecule has 144 valence electrons. The molecule has 0 spiro atoms. The van der Waals surface area contributed by atoms with Gasteiger partial charge in [0.25, 0.3) is 0 Å². The van der Waals surface area contributed by atoms with Gasteiger partial charge in [-0.15, -0.1) is 11.3 Å². The Labute approximate surface area is 166 Å². The van der Waals surface area contributed by atoms with E-state index in [0.717, 1.165) is 26.9 Å². The number of fused-ring (bicyclic) bond motifs is 1. The first-order valence-corrected chi connectivity index (χ1v) is 9.76. The number of ether oxygens (including phenoxy) is 1. The van der Waals surface area contributed by atoms with Gasteiger partial charge in [-0.05, 0) is 5.56 Å². The van der Waals surface area contributed by atoms with Crippen LogP contribution >= 0.6 is 11.3 Å². The van der Waals surface area contributed by atoms with Crippen molar-refractivity contribution in [3.63, 3.8) is 0 Å². The first-order chi connectivity index (χ1) is 13.7. The highest BCUT2D eigenvalue weighted by Gasteiger charge is 2.17. The Hall–Kier alpha value is -2.81. The average Bonchev–Trinajstić information content (AvgIpc) is 3.33. The number of hydrogen-bond acceptors (Lipinski definition) is 7. The highest BCUT2D eigenvalue weighted by molar-refractivity contribution is 7.17. The van der Waals surface area contributed by atoms with Gasteiger partial charge in [0.05, 0.1) is 17.7 Å². The van der Waals surface area contributed by atoms with Gasteiger partial charge in [0.1, 0.15) is 17.3 Å². The lowest BCUT2D eigenvalue weighted by Gasteiger charge is -2.13. The molecule has 3 heterocycles. The number of aliphatic hydroxyl groups excluding tert-OH is 1. The standard InChI is InChI=1S/C20H21N5O2S/c1-25-10-14(8-22-25)16(26)9-21-19-18-15(13-6-4-3-5-7-13)12-28-20(18)24-17(23-19)11-27-2/h3-8,10,12,16,26H,9,11H2,1-2H3,(H,21,23,24)/t16-/m0/s1. The Balaban J connectivity index is 1.70. The van der Waals surface area contributed by atoms with E-state index in [0.29, 0.717) is 24.8 Å². The summed E-state index contributed by atoms with van der Waals surface area (Å²) in [6.07, 6.45) is 2.78. The molecule has 28 heavy (non-hydrogen) atoms.